The van der Waals surface area contributed by atoms with E-state index in [1.807, 2.05) is 52.0 Å². The molecule has 0 fully saturated rings. The van der Waals surface area contributed by atoms with Crippen LogP contribution in [0, 0.1) is 5.41 Å². The highest BCUT2D eigenvalue weighted by atomic mass is 16.5. The highest BCUT2D eigenvalue weighted by Crippen LogP contribution is 2.49. The van der Waals surface area contributed by atoms with Crippen molar-refractivity contribution in [3.63, 3.8) is 0 Å². The van der Waals surface area contributed by atoms with E-state index in [2.05, 4.69) is 62.4 Å². The summed E-state index contributed by atoms with van der Waals surface area (Å²) in [5.74, 6) is 8.06. The zero-order chi connectivity index (χ0) is 51.8. The van der Waals surface area contributed by atoms with Gasteiger partial charge in [0.05, 0.1) is 82.3 Å². The Labute approximate surface area is 429 Å². The van der Waals surface area contributed by atoms with Crippen LogP contribution in [0.1, 0.15) is 80.1 Å². The smallest absolute Gasteiger partial charge is 0.161 e. The summed E-state index contributed by atoms with van der Waals surface area (Å²) in [6.07, 6.45) is 6.00. The van der Waals surface area contributed by atoms with Crippen molar-refractivity contribution in [1.29, 1.82) is 0 Å². The molecule has 0 aliphatic carbocycles. The Balaban J connectivity index is 0.945. The van der Waals surface area contributed by atoms with Gasteiger partial charge in [-0.1, -0.05) is 13.8 Å². The average Bonchev–Trinajstić information content (AvgIpc) is 3.40. The van der Waals surface area contributed by atoms with Crippen LogP contribution < -0.4 is 56.8 Å². The number of unbranched alkanes of at least 4 members (excludes halogenated alkanes) is 2. The van der Waals surface area contributed by atoms with Gasteiger partial charge in [0.2, 0.25) is 0 Å². The number of hydrogen-bond acceptors (Lipinski definition) is 12. The summed E-state index contributed by atoms with van der Waals surface area (Å²) in [6, 6.07) is 24.7. The normalized spacial score (nSPS) is 11.7. The first-order valence-corrected chi connectivity index (χ1v) is 25.6. The number of benzene rings is 8. The maximum absolute atomic E-state index is 6.55. The lowest BCUT2D eigenvalue weighted by molar-refractivity contribution is 0.240. The zero-order valence-corrected chi connectivity index (χ0v) is 44.8. The van der Waals surface area contributed by atoms with Crippen LogP contribution in [0.2, 0.25) is 0 Å². The van der Waals surface area contributed by atoms with Crippen molar-refractivity contribution >= 4 is 64.6 Å². The van der Waals surface area contributed by atoms with Gasteiger partial charge < -0.3 is 56.8 Å². The molecule has 8 aromatic carbocycles. The van der Waals surface area contributed by atoms with Gasteiger partial charge in [-0.05, 0) is 209 Å². The molecule has 0 aromatic heterocycles. The first-order valence-electron chi connectivity index (χ1n) is 25.6. The largest absolute Gasteiger partial charge is 0.493 e. The lowest BCUT2D eigenvalue weighted by atomic mass is 9.82. The molecule has 0 saturated heterocycles. The van der Waals surface area contributed by atoms with Gasteiger partial charge in [0, 0.05) is 0 Å². The fraction of sp³-hybridized carbons (Fsp3) is 0.410. The van der Waals surface area contributed by atoms with Gasteiger partial charge in [-0.2, -0.15) is 0 Å². The Morgan fingerprint density at radius 3 is 0.616 bits per heavy atom. The Bertz CT molecular complexity index is 3210. The van der Waals surface area contributed by atoms with Gasteiger partial charge in [-0.15, -0.1) is 0 Å². The Morgan fingerprint density at radius 1 is 0.260 bits per heavy atom. The molecule has 0 heterocycles. The predicted molar refractivity (Wildman–Crippen MR) is 294 cm³/mol. The summed E-state index contributed by atoms with van der Waals surface area (Å²) in [7, 11) is 10.0. The van der Waals surface area contributed by atoms with Crippen molar-refractivity contribution in [3.05, 3.63) is 72.8 Å². The van der Waals surface area contributed by atoms with Crippen LogP contribution in [0.15, 0.2) is 72.8 Å². The second-order valence-electron chi connectivity index (χ2n) is 18.8. The first kappa shape index (κ1) is 52.2. The lowest BCUT2D eigenvalue weighted by Gasteiger charge is -2.24. The van der Waals surface area contributed by atoms with Crippen LogP contribution in [0.3, 0.4) is 0 Å². The van der Waals surface area contributed by atoms with Crippen molar-refractivity contribution in [2.45, 2.75) is 80.1 Å². The minimum Gasteiger partial charge on any atom is -0.493 e. The van der Waals surface area contributed by atoms with Crippen molar-refractivity contribution in [1.82, 2.24) is 0 Å². The molecule has 0 N–H and O–H groups in total. The van der Waals surface area contributed by atoms with E-state index in [0.717, 1.165) is 103 Å². The van der Waals surface area contributed by atoms with Gasteiger partial charge >= 0.3 is 0 Å². The van der Waals surface area contributed by atoms with Crippen LogP contribution in [-0.2, 0) is 0 Å². The Morgan fingerprint density at radius 2 is 0.438 bits per heavy atom. The van der Waals surface area contributed by atoms with E-state index in [-0.39, 0.29) is 5.41 Å². The highest BCUT2D eigenvalue weighted by Gasteiger charge is 2.23. The third kappa shape index (κ3) is 10.7. The molecule has 0 unspecified atom stereocenters. The van der Waals surface area contributed by atoms with E-state index in [1.54, 1.807) is 42.7 Å². The maximum atomic E-state index is 6.55. The molecule has 0 atom stereocenters. The minimum atomic E-state index is 0.145. The summed E-state index contributed by atoms with van der Waals surface area (Å²) in [4.78, 5) is 0. The van der Waals surface area contributed by atoms with E-state index in [9.17, 15) is 0 Å². The van der Waals surface area contributed by atoms with Gasteiger partial charge in [-0.3, -0.25) is 0 Å². The molecule has 0 bridgehead atoms. The van der Waals surface area contributed by atoms with E-state index < -0.39 is 0 Å². The fourth-order valence-corrected chi connectivity index (χ4v) is 10.2. The molecule has 0 amide bonds. The molecular formula is C61H72O12. The molecule has 0 saturated carbocycles. The van der Waals surface area contributed by atoms with Crippen LogP contribution >= 0.6 is 0 Å². The number of ether oxygens (including phenoxy) is 12. The van der Waals surface area contributed by atoms with Gasteiger partial charge in [0.15, 0.2) is 69.0 Å². The van der Waals surface area contributed by atoms with Crippen molar-refractivity contribution in [3.8, 4) is 69.0 Å². The highest BCUT2D eigenvalue weighted by molar-refractivity contribution is 6.28. The number of methoxy groups -OCH3 is 6. The molecule has 388 valence electrons. The third-order valence-electron chi connectivity index (χ3n) is 13.8. The summed E-state index contributed by atoms with van der Waals surface area (Å²) in [5.41, 5.74) is 0.145. The fourth-order valence-electron chi connectivity index (χ4n) is 10.2. The Kier molecular flexibility index (Phi) is 16.6. The molecule has 8 aromatic rings. The van der Waals surface area contributed by atoms with Crippen molar-refractivity contribution < 1.29 is 56.8 Å². The zero-order valence-electron chi connectivity index (χ0n) is 44.8. The summed E-state index contributed by atoms with van der Waals surface area (Å²) < 4.78 is 72.5. The molecule has 0 spiro atoms. The third-order valence-corrected chi connectivity index (χ3v) is 13.8. The molecule has 12 heteroatoms. The monoisotopic (exact) mass is 997 g/mol. The first-order chi connectivity index (χ1) is 35.5. The van der Waals surface area contributed by atoms with Crippen LogP contribution in [0.25, 0.3) is 64.6 Å². The topological polar surface area (TPSA) is 111 Å². The summed E-state index contributed by atoms with van der Waals surface area (Å²) in [6.45, 7) is 15.7. The lowest BCUT2D eigenvalue weighted by Crippen LogP contribution is -2.12. The van der Waals surface area contributed by atoms with E-state index >= 15 is 0 Å². The van der Waals surface area contributed by atoms with Gasteiger partial charge in [0.1, 0.15) is 0 Å². The molecule has 0 radical (unpaired) electrons. The number of hydrogen-bond donors (Lipinski definition) is 0. The number of fused-ring (bicyclic) bond motifs is 12. The number of rotatable bonds is 26. The molecular weight excluding hydrogens is 925 g/mol. The van der Waals surface area contributed by atoms with Gasteiger partial charge in [-0.25, -0.2) is 0 Å². The van der Waals surface area contributed by atoms with Crippen molar-refractivity contribution in [2.24, 2.45) is 5.41 Å². The Hall–Kier alpha value is -7.08. The SMILES string of the molecule is CCOc1cc2c(cc1OC)c1cc(OCC)c(OC)cc1c1cc(OCCCCC(C)(C)CCCCOc3cc4c5cc(OC)c(OCC)cc5c5cc(OCC)c(OC)cc5c4cc3OC)c(OC)cc21. The quantitative estimate of drug-likeness (QED) is 0.0380. The predicted octanol–water partition coefficient (Wildman–Crippen LogP) is 15.1. The van der Waals surface area contributed by atoms with E-state index in [1.165, 1.54) is 0 Å². The second-order valence-corrected chi connectivity index (χ2v) is 18.8. The summed E-state index contributed by atoms with van der Waals surface area (Å²) >= 11 is 0. The molecule has 12 nitrogen and oxygen atoms in total. The standard InChI is InChI=1S/C61H72O12/c1-13-68-55-31-43-39-26-50(63-8)56(69-14-2)32-44(39)42-30-54(67-12)60(36-48(42)40(43)27-51(55)64-9)73-24-20-18-22-61(5,6)21-17-19-23-72-59-35-47-38(29-53(59)66-11)37-25-49(62-7)57(70-15-3)33-45(37)46-34-58(71-16-4)52(65-10)28-41(46)47/h25-36H,13-24H2,1-12H3. The minimum absolute atomic E-state index is 0.145. The average molecular weight is 997 g/mol. The maximum Gasteiger partial charge on any atom is 0.161 e. The van der Waals surface area contributed by atoms with Crippen molar-refractivity contribution in [2.75, 3.05) is 82.3 Å². The second kappa shape index (κ2) is 23.2. The molecule has 73 heavy (non-hydrogen) atoms. The van der Waals surface area contributed by atoms with E-state index in [4.69, 9.17) is 56.8 Å². The van der Waals surface area contributed by atoms with Crippen LogP contribution in [-0.4, -0.2) is 82.3 Å². The molecule has 0 aliphatic heterocycles. The van der Waals surface area contributed by atoms with E-state index in [0.29, 0.717) is 109 Å². The molecule has 0 aliphatic rings. The summed E-state index contributed by atoms with van der Waals surface area (Å²) in [5, 5.41) is 12.1. The molecule has 8 rings (SSSR count). The van der Waals surface area contributed by atoms with Crippen LogP contribution in [0.5, 0.6) is 69.0 Å². The van der Waals surface area contributed by atoms with Gasteiger partial charge in [0.25, 0.3) is 0 Å². The van der Waals surface area contributed by atoms with Crippen LogP contribution in [0.4, 0.5) is 0 Å².